The lowest BCUT2D eigenvalue weighted by Crippen LogP contribution is -2.38. The Morgan fingerprint density at radius 3 is 2.36 bits per heavy atom. The molecular weight excluding hydrogens is 481 g/mol. The van der Waals surface area contributed by atoms with E-state index in [1.54, 1.807) is 6.07 Å². The first kappa shape index (κ1) is 24.9. The van der Waals surface area contributed by atoms with Gasteiger partial charge in [-0.2, -0.15) is 26.3 Å². The summed E-state index contributed by atoms with van der Waals surface area (Å²) in [4.78, 5) is 16.7. The number of halogens is 7. The zero-order valence-electron chi connectivity index (χ0n) is 16.8. The molecule has 2 heterocycles. The SMILES string of the molecule is O=C(CCS(=O)(=O)C(F)(F)F)N1CCc2c(cccc2C(F)c2ccc(C(F)(F)F)nc2)C1. The van der Waals surface area contributed by atoms with Crippen LogP contribution in [0.1, 0.15) is 40.5 Å². The van der Waals surface area contributed by atoms with Crippen LogP contribution < -0.4 is 0 Å². The van der Waals surface area contributed by atoms with Crippen molar-refractivity contribution in [2.24, 2.45) is 0 Å². The third-order valence-electron chi connectivity index (χ3n) is 5.23. The zero-order chi connectivity index (χ0) is 24.6. The van der Waals surface area contributed by atoms with E-state index in [2.05, 4.69) is 4.98 Å². The van der Waals surface area contributed by atoms with Crippen LogP contribution >= 0.6 is 0 Å². The van der Waals surface area contributed by atoms with Gasteiger partial charge >= 0.3 is 11.7 Å². The second kappa shape index (κ2) is 8.92. The van der Waals surface area contributed by atoms with Crippen LogP contribution in [-0.4, -0.2) is 42.0 Å². The second-order valence-corrected chi connectivity index (χ2v) is 9.50. The van der Waals surface area contributed by atoms with Gasteiger partial charge in [0.05, 0.1) is 5.75 Å². The van der Waals surface area contributed by atoms with Crippen molar-refractivity contribution in [1.29, 1.82) is 0 Å². The van der Waals surface area contributed by atoms with Crippen LogP contribution in [0.5, 0.6) is 0 Å². The average molecular weight is 498 g/mol. The van der Waals surface area contributed by atoms with E-state index in [0.717, 1.165) is 12.3 Å². The van der Waals surface area contributed by atoms with Gasteiger partial charge < -0.3 is 4.90 Å². The molecule has 1 atom stereocenters. The summed E-state index contributed by atoms with van der Waals surface area (Å²) in [6.07, 6.45) is -6.36. The Morgan fingerprint density at radius 1 is 1.09 bits per heavy atom. The van der Waals surface area contributed by atoms with E-state index in [1.165, 1.54) is 17.0 Å². The molecule has 0 spiro atoms. The molecule has 0 fully saturated rings. The molecule has 1 aliphatic heterocycles. The summed E-state index contributed by atoms with van der Waals surface area (Å²) < 4.78 is 113. The molecule has 3 rings (SSSR count). The molecule has 0 radical (unpaired) electrons. The number of amides is 1. The van der Waals surface area contributed by atoms with Crippen molar-refractivity contribution < 1.29 is 43.9 Å². The molecule has 5 nitrogen and oxygen atoms in total. The lowest BCUT2D eigenvalue weighted by atomic mass is 9.90. The average Bonchev–Trinajstić information content (AvgIpc) is 2.75. The van der Waals surface area contributed by atoms with Gasteiger partial charge in [0.1, 0.15) is 5.69 Å². The number of fused-ring (bicyclic) bond motifs is 1. The minimum absolute atomic E-state index is 0.0207. The number of hydrogen-bond donors (Lipinski definition) is 0. The number of hydrogen-bond acceptors (Lipinski definition) is 4. The highest BCUT2D eigenvalue weighted by molar-refractivity contribution is 7.92. The molecular formula is C20H17F7N2O3S. The fraction of sp³-hybridized carbons (Fsp3) is 0.400. The monoisotopic (exact) mass is 498 g/mol. The Hall–Kier alpha value is -2.70. The molecule has 2 aromatic rings. The van der Waals surface area contributed by atoms with E-state index in [1.807, 2.05) is 0 Å². The van der Waals surface area contributed by atoms with Crippen molar-refractivity contribution in [3.63, 3.8) is 0 Å². The van der Waals surface area contributed by atoms with Crippen LogP contribution in [0.4, 0.5) is 30.7 Å². The number of carbonyl (C=O) groups excluding carboxylic acids is 1. The maximum Gasteiger partial charge on any atom is 0.497 e. The second-order valence-electron chi connectivity index (χ2n) is 7.40. The quantitative estimate of drug-likeness (QED) is 0.575. The number of aromatic nitrogens is 1. The number of benzene rings is 1. The van der Waals surface area contributed by atoms with Crippen molar-refractivity contribution >= 4 is 15.7 Å². The van der Waals surface area contributed by atoms with Crippen LogP contribution in [0.25, 0.3) is 0 Å². The van der Waals surface area contributed by atoms with E-state index in [9.17, 15) is 39.6 Å². The molecule has 180 valence electrons. The van der Waals surface area contributed by atoms with Crippen molar-refractivity contribution in [2.45, 2.75) is 37.2 Å². The largest absolute Gasteiger partial charge is 0.497 e. The number of sulfone groups is 1. The van der Waals surface area contributed by atoms with E-state index >= 15 is 4.39 Å². The van der Waals surface area contributed by atoms with Gasteiger partial charge in [-0.25, -0.2) is 12.8 Å². The van der Waals surface area contributed by atoms with E-state index in [-0.39, 0.29) is 30.6 Å². The van der Waals surface area contributed by atoms with Gasteiger partial charge in [-0.1, -0.05) is 24.3 Å². The molecule has 0 saturated carbocycles. The summed E-state index contributed by atoms with van der Waals surface area (Å²) in [6.45, 7) is -0.0427. The first-order chi connectivity index (χ1) is 15.2. The van der Waals surface area contributed by atoms with Crippen molar-refractivity contribution in [3.05, 3.63) is 64.5 Å². The van der Waals surface area contributed by atoms with Crippen LogP contribution in [0.2, 0.25) is 0 Å². The lowest BCUT2D eigenvalue weighted by molar-refractivity contribution is -0.141. The summed E-state index contributed by atoms with van der Waals surface area (Å²) in [5.74, 6) is -2.16. The number of alkyl halides is 7. The number of nitrogens with zero attached hydrogens (tertiary/aromatic N) is 2. The van der Waals surface area contributed by atoms with Crippen LogP contribution in [-0.2, 0) is 33.8 Å². The first-order valence-electron chi connectivity index (χ1n) is 9.55. The third kappa shape index (κ3) is 5.45. The Morgan fingerprint density at radius 2 is 1.79 bits per heavy atom. The molecule has 1 aromatic heterocycles. The molecule has 0 N–H and O–H groups in total. The van der Waals surface area contributed by atoms with Gasteiger partial charge in [-0.05, 0) is 29.2 Å². The normalized spacial score (nSPS) is 15.8. The Kier molecular flexibility index (Phi) is 6.74. The summed E-state index contributed by atoms with van der Waals surface area (Å²) in [6, 6.07) is 6.18. The zero-order valence-corrected chi connectivity index (χ0v) is 17.6. The fourth-order valence-electron chi connectivity index (χ4n) is 3.49. The highest BCUT2D eigenvalue weighted by Crippen LogP contribution is 2.34. The van der Waals surface area contributed by atoms with Gasteiger partial charge in [0.15, 0.2) is 6.17 Å². The highest BCUT2D eigenvalue weighted by atomic mass is 32.2. The Balaban J connectivity index is 1.74. The molecule has 0 saturated heterocycles. The summed E-state index contributed by atoms with van der Waals surface area (Å²) >= 11 is 0. The summed E-state index contributed by atoms with van der Waals surface area (Å²) in [7, 11) is -5.43. The molecule has 1 unspecified atom stereocenters. The van der Waals surface area contributed by atoms with E-state index < -0.39 is 51.5 Å². The fourth-order valence-corrected chi connectivity index (χ4v) is 4.16. The van der Waals surface area contributed by atoms with Crippen molar-refractivity contribution in [1.82, 2.24) is 9.88 Å². The number of rotatable bonds is 5. The Labute approximate surface area is 184 Å². The maximum atomic E-state index is 15.1. The van der Waals surface area contributed by atoms with Crippen molar-refractivity contribution in [2.75, 3.05) is 12.3 Å². The summed E-state index contributed by atoms with van der Waals surface area (Å²) in [5.41, 5.74) is -5.48. The standard InChI is InChI=1S/C20H17F7N2O3S/c21-18(12-4-5-16(28-10-12)19(22,23)24)15-3-1-2-13-11-29(8-6-14(13)15)17(30)7-9-33(31,32)20(25,26)27/h1-5,10,18H,6-9,11H2. The molecule has 33 heavy (non-hydrogen) atoms. The predicted octanol–water partition coefficient (Wildman–Crippen LogP) is 4.37. The minimum Gasteiger partial charge on any atom is -0.338 e. The van der Waals surface area contributed by atoms with Crippen LogP contribution in [0, 0.1) is 0 Å². The molecule has 1 aromatic carbocycles. The van der Waals surface area contributed by atoms with Gasteiger partial charge in [-0.3, -0.25) is 9.78 Å². The molecule has 13 heteroatoms. The highest BCUT2D eigenvalue weighted by Gasteiger charge is 2.45. The Bertz CT molecular complexity index is 1130. The maximum absolute atomic E-state index is 15.1. The van der Waals surface area contributed by atoms with Gasteiger partial charge in [-0.15, -0.1) is 0 Å². The lowest BCUT2D eigenvalue weighted by Gasteiger charge is -2.31. The van der Waals surface area contributed by atoms with Crippen molar-refractivity contribution in [3.8, 4) is 0 Å². The topological polar surface area (TPSA) is 67.3 Å². The van der Waals surface area contributed by atoms with E-state index in [4.69, 9.17) is 0 Å². The van der Waals surface area contributed by atoms with Gasteiger partial charge in [0, 0.05) is 31.3 Å². The minimum atomic E-state index is -5.44. The predicted molar refractivity (Wildman–Crippen MR) is 102 cm³/mol. The molecule has 1 amide bonds. The van der Waals surface area contributed by atoms with E-state index in [0.29, 0.717) is 17.2 Å². The van der Waals surface area contributed by atoms with Gasteiger partial charge in [0.2, 0.25) is 15.7 Å². The molecule has 0 bridgehead atoms. The number of pyridine rings is 1. The third-order valence-corrected chi connectivity index (χ3v) is 6.68. The van der Waals surface area contributed by atoms with Crippen LogP contribution in [0.15, 0.2) is 36.5 Å². The smallest absolute Gasteiger partial charge is 0.338 e. The molecule has 0 aliphatic carbocycles. The van der Waals surface area contributed by atoms with Crippen LogP contribution in [0.3, 0.4) is 0 Å². The first-order valence-corrected chi connectivity index (χ1v) is 11.2. The van der Waals surface area contributed by atoms with Gasteiger partial charge in [0.25, 0.3) is 0 Å². The molecule has 1 aliphatic rings. The summed E-state index contributed by atoms with van der Waals surface area (Å²) in [5, 5.41) is 0. The number of carbonyl (C=O) groups is 1.